The fourth-order valence-electron chi connectivity index (χ4n) is 4.49. The number of aromatic nitrogens is 1. The molecule has 1 aliphatic rings. The third-order valence-electron chi connectivity index (χ3n) is 6.23. The third kappa shape index (κ3) is 4.88. The number of aryl methyl sites for hydroxylation is 1. The van der Waals surface area contributed by atoms with E-state index >= 15 is 0 Å². The summed E-state index contributed by atoms with van der Waals surface area (Å²) in [5.41, 5.74) is 7.70. The topological polar surface area (TPSA) is 71.6 Å². The normalized spacial score (nSPS) is 18.1. The lowest BCUT2D eigenvalue weighted by Gasteiger charge is -2.40. The first-order chi connectivity index (χ1) is 15.0. The lowest BCUT2D eigenvalue weighted by Crippen LogP contribution is -2.47. The Hall–Kier alpha value is -2.93. The minimum absolute atomic E-state index is 0.336. The number of piperazine rings is 1. The molecule has 0 spiro atoms. The number of amides is 1. The molecule has 3 N–H and O–H groups in total. The second-order valence-corrected chi connectivity index (χ2v) is 8.31. The monoisotopic (exact) mass is 418 g/mol. The number of para-hydroxylation sites is 1. The second-order valence-electron chi connectivity index (χ2n) is 8.31. The van der Waals surface area contributed by atoms with E-state index in [1.807, 2.05) is 12.1 Å². The molecule has 0 bridgehead atoms. The van der Waals surface area contributed by atoms with E-state index in [2.05, 4.69) is 65.2 Å². The highest BCUT2D eigenvalue weighted by Crippen LogP contribution is 2.28. The number of aromatic amines is 1. The van der Waals surface area contributed by atoms with E-state index in [9.17, 15) is 4.79 Å². The molecule has 1 fully saturated rings. The minimum atomic E-state index is -0.531. The molecular weight excluding hydrogens is 388 g/mol. The van der Waals surface area contributed by atoms with Crippen molar-refractivity contribution in [3.05, 3.63) is 77.0 Å². The number of fused-ring (bicyclic) bond motifs is 1. The van der Waals surface area contributed by atoms with Crippen LogP contribution in [0.25, 0.3) is 17.0 Å². The Morgan fingerprint density at radius 3 is 2.74 bits per heavy atom. The van der Waals surface area contributed by atoms with Gasteiger partial charge in [0.1, 0.15) is 0 Å². The number of hydrogen-bond donors (Lipinski definition) is 3. The number of hydrogen-bond acceptors (Lipinski definition) is 4. The number of likely N-dealkylation sites (N-methyl/N-ethyl adjacent to an activating group) is 1. The van der Waals surface area contributed by atoms with Crippen LogP contribution in [0, 0.1) is 6.92 Å². The van der Waals surface area contributed by atoms with Crippen molar-refractivity contribution in [1.82, 2.24) is 20.3 Å². The van der Waals surface area contributed by atoms with Crippen LogP contribution in [-0.4, -0.2) is 59.1 Å². The van der Waals surface area contributed by atoms with Crippen LogP contribution in [0.1, 0.15) is 28.4 Å². The molecule has 0 aliphatic carbocycles. The van der Waals surface area contributed by atoms with Crippen LogP contribution >= 0.6 is 0 Å². The Balaban J connectivity index is 1.50. The van der Waals surface area contributed by atoms with Crippen LogP contribution < -0.4 is 5.48 Å². The maximum absolute atomic E-state index is 11.2. The van der Waals surface area contributed by atoms with Gasteiger partial charge in [-0.2, -0.15) is 0 Å². The van der Waals surface area contributed by atoms with E-state index in [1.165, 1.54) is 33.8 Å². The third-order valence-corrected chi connectivity index (χ3v) is 6.23. The number of benzene rings is 2. The van der Waals surface area contributed by atoms with Crippen molar-refractivity contribution in [2.24, 2.45) is 0 Å². The van der Waals surface area contributed by atoms with Gasteiger partial charge in [0.2, 0.25) is 0 Å². The first-order valence-electron chi connectivity index (χ1n) is 10.8. The molecule has 162 valence electrons. The van der Waals surface area contributed by atoms with Gasteiger partial charge in [0, 0.05) is 54.9 Å². The Labute approximate surface area is 183 Å². The number of nitrogens with one attached hydrogen (secondary N) is 2. The highest BCUT2D eigenvalue weighted by atomic mass is 16.5. The van der Waals surface area contributed by atoms with Gasteiger partial charge in [0.25, 0.3) is 5.91 Å². The van der Waals surface area contributed by atoms with E-state index in [0.29, 0.717) is 6.04 Å². The maximum atomic E-state index is 11.2. The number of hydroxylamine groups is 1. The molecule has 1 unspecified atom stereocenters. The molecule has 6 heteroatoms. The Kier molecular flexibility index (Phi) is 6.51. The van der Waals surface area contributed by atoms with Gasteiger partial charge in [-0.15, -0.1) is 0 Å². The van der Waals surface area contributed by atoms with Crippen molar-refractivity contribution >= 4 is 22.9 Å². The number of carbonyl (C=O) groups is 1. The van der Waals surface area contributed by atoms with Crippen molar-refractivity contribution in [3.63, 3.8) is 0 Å². The molecule has 6 nitrogen and oxygen atoms in total. The summed E-state index contributed by atoms with van der Waals surface area (Å²) < 4.78 is 0. The lowest BCUT2D eigenvalue weighted by atomic mass is 9.99. The van der Waals surface area contributed by atoms with Gasteiger partial charge in [-0.05, 0) is 49.2 Å². The maximum Gasteiger partial charge on any atom is 0.267 e. The van der Waals surface area contributed by atoms with Gasteiger partial charge < -0.3 is 9.88 Å². The SMILES string of the molecule is Cc1[nH]c2ccccc2c1CCN1CCN(C)CC1c1ccc(/C=C/C(=O)NO)cc1. The number of H-pyrrole nitrogens is 1. The molecule has 2 heterocycles. The van der Waals surface area contributed by atoms with Crippen molar-refractivity contribution in [2.45, 2.75) is 19.4 Å². The first kappa shape index (κ1) is 21.3. The number of nitrogens with zero attached hydrogens (tertiary/aromatic N) is 2. The summed E-state index contributed by atoms with van der Waals surface area (Å²) in [4.78, 5) is 19.7. The molecule has 1 aromatic heterocycles. The van der Waals surface area contributed by atoms with Crippen LogP contribution in [-0.2, 0) is 11.2 Å². The summed E-state index contributed by atoms with van der Waals surface area (Å²) in [7, 11) is 2.18. The van der Waals surface area contributed by atoms with Gasteiger partial charge in [-0.3, -0.25) is 14.9 Å². The van der Waals surface area contributed by atoms with Gasteiger partial charge in [0.15, 0.2) is 0 Å². The Morgan fingerprint density at radius 1 is 1.19 bits per heavy atom. The summed E-state index contributed by atoms with van der Waals surface area (Å²) in [5, 5.41) is 9.94. The highest BCUT2D eigenvalue weighted by molar-refractivity contribution is 5.90. The molecule has 3 aromatic rings. The average molecular weight is 419 g/mol. The van der Waals surface area contributed by atoms with Crippen LogP contribution in [0.5, 0.6) is 0 Å². The molecule has 1 atom stereocenters. The zero-order valence-corrected chi connectivity index (χ0v) is 18.1. The van der Waals surface area contributed by atoms with Crippen LogP contribution in [0.4, 0.5) is 0 Å². The fraction of sp³-hybridized carbons (Fsp3) is 0.320. The van der Waals surface area contributed by atoms with Crippen molar-refractivity contribution in [1.29, 1.82) is 0 Å². The highest BCUT2D eigenvalue weighted by Gasteiger charge is 2.26. The number of carbonyl (C=O) groups excluding carboxylic acids is 1. The van der Waals surface area contributed by atoms with Gasteiger partial charge in [0.05, 0.1) is 0 Å². The molecule has 1 aliphatic heterocycles. The minimum Gasteiger partial charge on any atom is -0.358 e. The average Bonchev–Trinajstić information content (AvgIpc) is 3.11. The van der Waals surface area contributed by atoms with E-state index in [4.69, 9.17) is 5.21 Å². The van der Waals surface area contributed by atoms with Gasteiger partial charge in [-0.1, -0.05) is 42.5 Å². The van der Waals surface area contributed by atoms with Crippen LogP contribution in [0.15, 0.2) is 54.6 Å². The first-order valence-corrected chi connectivity index (χ1v) is 10.8. The molecule has 1 saturated heterocycles. The molecule has 4 rings (SSSR count). The molecule has 1 amide bonds. The van der Waals surface area contributed by atoms with Gasteiger partial charge >= 0.3 is 0 Å². The summed E-state index contributed by atoms with van der Waals surface area (Å²) in [6.07, 6.45) is 4.03. The molecule has 2 aromatic carbocycles. The molecule has 0 radical (unpaired) electrons. The molecular formula is C25H30N4O2. The summed E-state index contributed by atoms with van der Waals surface area (Å²) in [6.45, 7) is 6.29. The van der Waals surface area contributed by atoms with Crippen LogP contribution in [0.2, 0.25) is 0 Å². The zero-order valence-electron chi connectivity index (χ0n) is 18.1. The Morgan fingerprint density at radius 2 is 1.97 bits per heavy atom. The predicted octanol–water partition coefficient (Wildman–Crippen LogP) is 3.53. The summed E-state index contributed by atoms with van der Waals surface area (Å²) >= 11 is 0. The zero-order chi connectivity index (χ0) is 21.8. The summed E-state index contributed by atoms with van der Waals surface area (Å²) in [6, 6.07) is 17.2. The van der Waals surface area contributed by atoms with E-state index in [0.717, 1.165) is 38.2 Å². The van der Waals surface area contributed by atoms with Crippen molar-refractivity contribution in [2.75, 3.05) is 33.2 Å². The number of rotatable bonds is 6. The lowest BCUT2D eigenvalue weighted by molar-refractivity contribution is -0.124. The Bertz CT molecular complexity index is 1070. The second kappa shape index (κ2) is 9.47. The molecule has 0 saturated carbocycles. The van der Waals surface area contributed by atoms with E-state index < -0.39 is 5.91 Å². The van der Waals surface area contributed by atoms with Crippen molar-refractivity contribution in [3.8, 4) is 0 Å². The summed E-state index contributed by atoms with van der Waals surface area (Å²) in [5.74, 6) is -0.531. The molecule has 31 heavy (non-hydrogen) atoms. The largest absolute Gasteiger partial charge is 0.358 e. The quantitative estimate of drug-likeness (QED) is 0.325. The van der Waals surface area contributed by atoms with Gasteiger partial charge in [-0.25, -0.2) is 5.48 Å². The smallest absolute Gasteiger partial charge is 0.267 e. The van der Waals surface area contributed by atoms with Crippen molar-refractivity contribution < 1.29 is 10.0 Å². The predicted molar refractivity (Wildman–Crippen MR) is 124 cm³/mol. The standard InChI is InChI=1S/C25H30N4O2/c1-18-21(22-5-3-4-6-23(22)26-18)13-14-29-16-15-28(2)17-24(29)20-10-7-19(8-11-20)9-12-25(30)27-31/h3-12,24,26,31H,13-17H2,1-2H3,(H,27,30)/b12-9+. The van der Waals surface area contributed by atoms with E-state index in [-0.39, 0.29) is 0 Å². The van der Waals surface area contributed by atoms with Crippen LogP contribution in [0.3, 0.4) is 0 Å². The van der Waals surface area contributed by atoms with E-state index in [1.54, 1.807) is 11.6 Å². The fourth-order valence-corrected chi connectivity index (χ4v) is 4.49.